The molecule has 23 heavy (non-hydrogen) atoms. The van der Waals surface area contributed by atoms with Crippen molar-refractivity contribution in [3.05, 3.63) is 35.2 Å². The number of hydrogen-bond acceptors (Lipinski definition) is 4. The molecular formula is C17H20ClN3O2. The van der Waals surface area contributed by atoms with E-state index in [0.29, 0.717) is 41.1 Å². The summed E-state index contributed by atoms with van der Waals surface area (Å²) in [5.74, 6) is 1.74. The molecule has 5 nitrogen and oxygen atoms in total. The number of piperidine rings is 1. The minimum Gasteiger partial charge on any atom is -0.421 e. The van der Waals surface area contributed by atoms with E-state index in [9.17, 15) is 4.79 Å². The number of carbonyl (C=O) groups excluding carboxylic acids is 1. The second-order valence-electron chi connectivity index (χ2n) is 6.04. The molecule has 0 unspecified atom stereocenters. The molecule has 0 aliphatic carbocycles. The minimum atomic E-state index is 0.161. The van der Waals surface area contributed by atoms with Crippen LogP contribution in [0.25, 0.3) is 11.5 Å². The number of hydrogen-bond donors (Lipinski definition) is 0. The van der Waals surface area contributed by atoms with E-state index in [1.165, 1.54) is 0 Å². The van der Waals surface area contributed by atoms with Crippen molar-refractivity contribution in [3.63, 3.8) is 0 Å². The van der Waals surface area contributed by atoms with Crippen molar-refractivity contribution in [2.45, 2.75) is 32.6 Å². The van der Waals surface area contributed by atoms with Gasteiger partial charge in [-0.25, -0.2) is 0 Å². The van der Waals surface area contributed by atoms with Crippen LogP contribution in [0.5, 0.6) is 0 Å². The van der Waals surface area contributed by atoms with E-state index in [2.05, 4.69) is 17.1 Å². The number of benzene rings is 1. The lowest BCUT2D eigenvalue weighted by Crippen LogP contribution is -2.38. The molecule has 0 bridgehead atoms. The fraction of sp³-hybridized carbons (Fsp3) is 0.471. The first-order valence-electron chi connectivity index (χ1n) is 7.98. The summed E-state index contributed by atoms with van der Waals surface area (Å²) in [7, 11) is 0. The molecule has 1 amide bonds. The van der Waals surface area contributed by atoms with Gasteiger partial charge in [0.25, 0.3) is 0 Å². The van der Waals surface area contributed by atoms with Crippen LogP contribution in [0.4, 0.5) is 0 Å². The van der Waals surface area contributed by atoms with Gasteiger partial charge in [0.1, 0.15) is 0 Å². The van der Waals surface area contributed by atoms with Crippen LogP contribution < -0.4 is 0 Å². The molecule has 1 aliphatic heterocycles. The average Bonchev–Trinajstić information content (AvgIpc) is 3.02. The Morgan fingerprint density at radius 2 is 2.04 bits per heavy atom. The second-order valence-corrected chi connectivity index (χ2v) is 6.45. The summed E-state index contributed by atoms with van der Waals surface area (Å²) in [5.41, 5.74) is 0.712. The Morgan fingerprint density at radius 1 is 1.30 bits per heavy atom. The van der Waals surface area contributed by atoms with E-state index in [0.717, 1.165) is 25.9 Å². The van der Waals surface area contributed by atoms with Crippen molar-refractivity contribution in [1.29, 1.82) is 0 Å². The quantitative estimate of drug-likeness (QED) is 0.858. The Balaban J connectivity index is 1.57. The third-order valence-electron chi connectivity index (χ3n) is 4.26. The van der Waals surface area contributed by atoms with Crippen LogP contribution in [-0.2, 0) is 11.2 Å². The van der Waals surface area contributed by atoms with Crippen LogP contribution in [-0.4, -0.2) is 34.1 Å². The molecule has 1 aromatic carbocycles. The number of nitrogens with zero attached hydrogens (tertiary/aromatic N) is 3. The smallest absolute Gasteiger partial charge is 0.249 e. The van der Waals surface area contributed by atoms with Gasteiger partial charge < -0.3 is 9.32 Å². The van der Waals surface area contributed by atoms with E-state index in [4.69, 9.17) is 16.0 Å². The summed E-state index contributed by atoms with van der Waals surface area (Å²) >= 11 is 6.12. The van der Waals surface area contributed by atoms with E-state index >= 15 is 0 Å². The van der Waals surface area contributed by atoms with Crippen molar-refractivity contribution in [2.75, 3.05) is 13.1 Å². The molecule has 1 saturated heterocycles. The maximum atomic E-state index is 12.2. The number of likely N-dealkylation sites (tertiary alicyclic amines) is 1. The molecule has 1 fully saturated rings. The fourth-order valence-electron chi connectivity index (χ4n) is 2.73. The third-order valence-corrected chi connectivity index (χ3v) is 4.59. The van der Waals surface area contributed by atoms with Crippen LogP contribution >= 0.6 is 11.6 Å². The molecule has 0 N–H and O–H groups in total. The van der Waals surface area contributed by atoms with Gasteiger partial charge in [0.2, 0.25) is 17.7 Å². The van der Waals surface area contributed by atoms with E-state index < -0.39 is 0 Å². The lowest BCUT2D eigenvalue weighted by Gasteiger charge is -2.30. The Hall–Kier alpha value is -1.88. The largest absolute Gasteiger partial charge is 0.421 e. The summed E-state index contributed by atoms with van der Waals surface area (Å²) < 4.78 is 5.63. The SMILES string of the molecule is CC1CCN(C(=O)CCc2nnc(-c3ccccc3Cl)o2)CC1. The molecule has 1 aromatic heterocycles. The van der Waals surface area contributed by atoms with Gasteiger partial charge in [-0.05, 0) is 30.9 Å². The third kappa shape index (κ3) is 3.91. The van der Waals surface area contributed by atoms with E-state index in [1.807, 2.05) is 23.1 Å². The highest BCUT2D eigenvalue weighted by molar-refractivity contribution is 6.33. The van der Waals surface area contributed by atoms with Crippen molar-refractivity contribution >= 4 is 17.5 Å². The molecule has 2 heterocycles. The first kappa shape index (κ1) is 16.0. The predicted molar refractivity (Wildman–Crippen MR) is 88.0 cm³/mol. The highest BCUT2D eigenvalue weighted by atomic mass is 35.5. The van der Waals surface area contributed by atoms with Gasteiger partial charge in [0.15, 0.2) is 0 Å². The summed E-state index contributed by atoms with van der Waals surface area (Å²) in [6.45, 7) is 3.94. The molecule has 0 spiro atoms. The van der Waals surface area contributed by atoms with Gasteiger partial charge in [-0.1, -0.05) is 30.7 Å². The van der Waals surface area contributed by atoms with Gasteiger partial charge >= 0.3 is 0 Å². The Morgan fingerprint density at radius 3 is 2.78 bits per heavy atom. The number of aryl methyl sites for hydroxylation is 1. The van der Waals surface area contributed by atoms with Gasteiger partial charge in [-0.15, -0.1) is 10.2 Å². The molecule has 6 heteroatoms. The van der Waals surface area contributed by atoms with Gasteiger partial charge in [0.05, 0.1) is 10.6 Å². The number of rotatable bonds is 4. The number of carbonyl (C=O) groups is 1. The number of halogens is 1. The van der Waals surface area contributed by atoms with Gasteiger partial charge in [0, 0.05) is 25.9 Å². The predicted octanol–water partition coefficient (Wildman–Crippen LogP) is 3.58. The first-order chi connectivity index (χ1) is 11.1. The van der Waals surface area contributed by atoms with Crippen molar-refractivity contribution in [2.24, 2.45) is 5.92 Å². The maximum absolute atomic E-state index is 12.2. The topological polar surface area (TPSA) is 59.2 Å². The van der Waals surface area contributed by atoms with E-state index in [1.54, 1.807) is 6.07 Å². The fourth-order valence-corrected chi connectivity index (χ4v) is 2.94. The second kappa shape index (κ2) is 7.13. The highest BCUT2D eigenvalue weighted by Gasteiger charge is 2.21. The molecule has 1 aliphatic rings. The molecular weight excluding hydrogens is 314 g/mol. The molecule has 3 rings (SSSR count). The number of amides is 1. The Labute approximate surface area is 140 Å². The monoisotopic (exact) mass is 333 g/mol. The summed E-state index contributed by atoms with van der Waals surface area (Å²) in [6, 6.07) is 7.33. The lowest BCUT2D eigenvalue weighted by atomic mass is 9.99. The van der Waals surface area contributed by atoms with Crippen molar-refractivity contribution in [1.82, 2.24) is 15.1 Å². The maximum Gasteiger partial charge on any atom is 0.249 e. The molecule has 122 valence electrons. The van der Waals surface area contributed by atoms with Crippen molar-refractivity contribution < 1.29 is 9.21 Å². The highest BCUT2D eigenvalue weighted by Crippen LogP contribution is 2.26. The number of aromatic nitrogens is 2. The van der Waals surface area contributed by atoms with Crippen LogP contribution in [0.15, 0.2) is 28.7 Å². The van der Waals surface area contributed by atoms with Crippen LogP contribution in [0, 0.1) is 5.92 Å². The summed E-state index contributed by atoms with van der Waals surface area (Å²) in [5, 5.41) is 8.61. The van der Waals surface area contributed by atoms with Crippen molar-refractivity contribution in [3.8, 4) is 11.5 Å². The van der Waals surface area contributed by atoms with Crippen LogP contribution in [0.2, 0.25) is 5.02 Å². The van der Waals surface area contributed by atoms with Gasteiger partial charge in [-0.3, -0.25) is 4.79 Å². The summed E-state index contributed by atoms with van der Waals surface area (Å²) in [6.07, 6.45) is 3.03. The normalized spacial score (nSPS) is 15.8. The lowest BCUT2D eigenvalue weighted by molar-refractivity contribution is -0.132. The average molecular weight is 334 g/mol. The molecule has 0 radical (unpaired) electrons. The molecule has 2 aromatic rings. The zero-order valence-electron chi connectivity index (χ0n) is 13.2. The van der Waals surface area contributed by atoms with Crippen LogP contribution in [0.1, 0.15) is 32.1 Å². The van der Waals surface area contributed by atoms with E-state index in [-0.39, 0.29) is 5.91 Å². The zero-order chi connectivity index (χ0) is 16.2. The Kier molecular flexibility index (Phi) is 4.96. The minimum absolute atomic E-state index is 0.161. The van der Waals surface area contributed by atoms with Crippen LogP contribution in [0.3, 0.4) is 0 Å². The molecule has 0 saturated carbocycles. The Bertz CT molecular complexity index is 678. The zero-order valence-corrected chi connectivity index (χ0v) is 13.9. The molecule has 0 atom stereocenters. The summed E-state index contributed by atoms with van der Waals surface area (Å²) in [4.78, 5) is 14.2. The van der Waals surface area contributed by atoms with Gasteiger partial charge in [-0.2, -0.15) is 0 Å². The first-order valence-corrected chi connectivity index (χ1v) is 8.36. The standard InChI is InChI=1S/C17H20ClN3O2/c1-12-8-10-21(11-9-12)16(22)7-6-15-19-20-17(23-15)13-4-2-3-5-14(13)18/h2-5,12H,6-11H2,1H3.